The summed E-state index contributed by atoms with van der Waals surface area (Å²) in [5.74, 6) is -0.234. The van der Waals surface area contributed by atoms with Crippen LogP contribution < -0.4 is 16.1 Å². The van der Waals surface area contributed by atoms with Gasteiger partial charge in [-0.25, -0.2) is 0 Å². The third-order valence-electron chi connectivity index (χ3n) is 7.75. The van der Waals surface area contributed by atoms with Gasteiger partial charge in [0.15, 0.2) is 0 Å². The van der Waals surface area contributed by atoms with Crippen molar-refractivity contribution in [1.29, 1.82) is 0 Å². The lowest BCUT2D eigenvalue weighted by atomic mass is 9.81. The van der Waals surface area contributed by atoms with Crippen molar-refractivity contribution in [3.63, 3.8) is 0 Å². The number of hydroxylamine groups is 1. The fourth-order valence-corrected chi connectivity index (χ4v) is 5.83. The molecule has 174 valence electrons. The number of nitrogens with one attached hydrogen (secondary N) is 3. The van der Waals surface area contributed by atoms with Crippen LogP contribution in [0.25, 0.3) is 0 Å². The maximum Gasteiger partial charge on any atom is 0.391 e. The van der Waals surface area contributed by atoms with Gasteiger partial charge >= 0.3 is 6.18 Å². The van der Waals surface area contributed by atoms with Crippen LogP contribution >= 0.6 is 0 Å². The highest BCUT2D eigenvalue weighted by molar-refractivity contribution is 4.92. The lowest BCUT2D eigenvalue weighted by molar-refractivity contribution is -0.184. The third kappa shape index (κ3) is 5.30. The van der Waals surface area contributed by atoms with Crippen LogP contribution in [0.4, 0.5) is 13.2 Å². The van der Waals surface area contributed by atoms with Crippen LogP contribution in [0.1, 0.15) is 51.4 Å². The molecule has 30 heavy (non-hydrogen) atoms. The van der Waals surface area contributed by atoms with Crippen LogP contribution in [0.15, 0.2) is 0 Å². The van der Waals surface area contributed by atoms with Gasteiger partial charge in [-0.15, -0.1) is 0 Å². The summed E-state index contributed by atoms with van der Waals surface area (Å²) >= 11 is 0. The van der Waals surface area contributed by atoms with Crippen LogP contribution in [0.3, 0.4) is 0 Å². The minimum atomic E-state index is -4.02. The lowest BCUT2D eigenvalue weighted by Crippen LogP contribution is -2.54. The standard InChI is InChI=1S/C21H38F3N5O/c1-28(2)18-10-7-15(12-25-18)19-26-20(30-27-19)17-4-3-11-29(17)13-14-5-8-16(9-6-14)21(22,23)24/h14-20,25-27H,3-13H2,1-2H3/t14?,15?,16?,17-,18?,19?,20?/m1/s1. The molecule has 0 bridgehead atoms. The summed E-state index contributed by atoms with van der Waals surface area (Å²) in [5.41, 5.74) is 3.23. The van der Waals surface area contributed by atoms with Crippen molar-refractivity contribution in [2.24, 2.45) is 17.8 Å². The van der Waals surface area contributed by atoms with Gasteiger partial charge in [0.1, 0.15) is 6.23 Å². The number of nitrogens with zero attached hydrogens (tertiary/aromatic N) is 2. The van der Waals surface area contributed by atoms with Gasteiger partial charge in [-0.1, -0.05) is 0 Å². The summed E-state index contributed by atoms with van der Waals surface area (Å²) in [6, 6.07) is 0.300. The van der Waals surface area contributed by atoms with Crippen molar-refractivity contribution >= 4 is 0 Å². The Balaban J connectivity index is 1.24. The second-order valence-corrected chi connectivity index (χ2v) is 9.99. The smallest absolute Gasteiger partial charge is 0.301 e. The molecule has 0 aromatic carbocycles. The minimum Gasteiger partial charge on any atom is -0.301 e. The van der Waals surface area contributed by atoms with Gasteiger partial charge < -0.3 is 5.32 Å². The monoisotopic (exact) mass is 433 g/mol. The highest BCUT2D eigenvalue weighted by Crippen LogP contribution is 2.40. The van der Waals surface area contributed by atoms with Gasteiger partial charge in [-0.3, -0.25) is 20.0 Å². The van der Waals surface area contributed by atoms with Crippen molar-refractivity contribution < 1.29 is 18.0 Å². The normalized spacial score (nSPS) is 41.6. The maximum absolute atomic E-state index is 12.9. The number of rotatable bonds is 5. The molecule has 3 heterocycles. The van der Waals surface area contributed by atoms with E-state index in [-0.39, 0.29) is 25.2 Å². The van der Waals surface area contributed by atoms with E-state index in [1.165, 1.54) is 0 Å². The van der Waals surface area contributed by atoms with Crippen LogP contribution in [0.5, 0.6) is 0 Å². The summed E-state index contributed by atoms with van der Waals surface area (Å²) in [4.78, 5) is 10.7. The molecule has 5 atom stereocenters. The van der Waals surface area contributed by atoms with E-state index in [1.54, 1.807) is 0 Å². The summed E-state index contributed by atoms with van der Waals surface area (Å²) in [6.45, 7) is 2.88. The van der Waals surface area contributed by atoms with Crippen LogP contribution in [0.2, 0.25) is 0 Å². The van der Waals surface area contributed by atoms with E-state index in [0.717, 1.165) is 45.3 Å². The van der Waals surface area contributed by atoms with Gasteiger partial charge in [0.05, 0.1) is 24.3 Å². The van der Waals surface area contributed by atoms with E-state index in [9.17, 15) is 13.2 Å². The van der Waals surface area contributed by atoms with Gasteiger partial charge in [0.25, 0.3) is 0 Å². The molecule has 4 unspecified atom stereocenters. The highest BCUT2D eigenvalue weighted by atomic mass is 19.4. The number of likely N-dealkylation sites (tertiary alicyclic amines) is 1. The summed E-state index contributed by atoms with van der Waals surface area (Å²) in [7, 11) is 4.21. The van der Waals surface area contributed by atoms with Gasteiger partial charge in [-0.2, -0.15) is 18.7 Å². The van der Waals surface area contributed by atoms with E-state index >= 15 is 0 Å². The first kappa shape index (κ1) is 22.7. The third-order valence-corrected chi connectivity index (χ3v) is 7.75. The molecule has 3 saturated heterocycles. The molecule has 0 aromatic heterocycles. The Hall–Kier alpha value is -0.450. The highest BCUT2D eigenvalue weighted by Gasteiger charge is 2.44. The van der Waals surface area contributed by atoms with E-state index in [2.05, 4.69) is 40.0 Å². The fourth-order valence-electron chi connectivity index (χ4n) is 5.83. The molecule has 4 fully saturated rings. The number of hydrogen-bond donors (Lipinski definition) is 3. The van der Waals surface area contributed by atoms with Crippen molar-refractivity contribution in [1.82, 2.24) is 25.9 Å². The van der Waals surface area contributed by atoms with Gasteiger partial charge in [0, 0.05) is 19.0 Å². The summed E-state index contributed by atoms with van der Waals surface area (Å²) < 4.78 is 38.8. The zero-order chi connectivity index (χ0) is 21.3. The first-order chi connectivity index (χ1) is 14.3. The SMILES string of the molecule is CN(C)C1CCC(C2NOC([C@H]3CCCN3CC3CCC(C(F)(F)F)CC3)N2)CN1. The number of halogens is 3. The predicted molar refractivity (Wildman–Crippen MR) is 109 cm³/mol. The molecule has 1 saturated carbocycles. The van der Waals surface area contributed by atoms with Crippen molar-refractivity contribution in [2.45, 2.75) is 82.1 Å². The molecule has 0 radical (unpaired) electrons. The molecule has 3 aliphatic heterocycles. The van der Waals surface area contributed by atoms with Crippen molar-refractivity contribution in [3.05, 3.63) is 0 Å². The Labute approximate surface area is 178 Å². The average molecular weight is 434 g/mol. The van der Waals surface area contributed by atoms with E-state index in [4.69, 9.17) is 4.84 Å². The summed E-state index contributed by atoms with van der Waals surface area (Å²) in [6.07, 6.45) is 2.95. The fraction of sp³-hybridized carbons (Fsp3) is 1.00. The summed E-state index contributed by atoms with van der Waals surface area (Å²) in [5, 5.41) is 7.27. The number of alkyl halides is 3. The Morgan fingerprint density at radius 2 is 1.80 bits per heavy atom. The molecule has 0 amide bonds. The Morgan fingerprint density at radius 3 is 2.43 bits per heavy atom. The lowest BCUT2D eigenvalue weighted by Gasteiger charge is -2.36. The predicted octanol–water partition coefficient (Wildman–Crippen LogP) is 2.48. The van der Waals surface area contributed by atoms with E-state index < -0.39 is 12.1 Å². The molecule has 1 aliphatic carbocycles. The van der Waals surface area contributed by atoms with E-state index in [1.807, 2.05) is 0 Å². The molecular formula is C21H38F3N5O. The first-order valence-electron chi connectivity index (χ1n) is 11.7. The molecule has 9 heteroatoms. The average Bonchev–Trinajstić information content (AvgIpc) is 3.37. The van der Waals surface area contributed by atoms with Crippen molar-refractivity contribution in [3.8, 4) is 0 Å². The van der Waals surface area contributed by atoms with Gasteiger partial charge in [0.2, 0.25) is 0 Å². The van der Waals surface area contributed by atoms with Crippen LogP contribution in [-0.2, 0) is 4.84 Å². The van der Waals surface area contributed by atoms with Gasteiger partial charge in [-0.05, 0) is 77.9 Å². The van der Waals surface area contributed by atoms with Crippen molar-refractivity contribution in [2.75, 3.05) is 33.7 Å². The first-order valence-corrected chi connectivity index (χ1v) is 11.7. The number of piperidine rings is 1. The van der Waals surface area contributed by atoms with Crippen LogP contribution in [0, 0.1) is 17.8 Å². The molecule has 3 N–H and O–H groups in total. The quantitative estimate of drug-likeness (QED) is 0.620. The second kappa shape index (κ2) is 9.58. The van der Waals surface area contributed by atoms with Crippen LogP contribution in [-0.4, -0.2) is 74.3 Å². The molecule has 6 nitrogen and oxygen atoms in total. The molecule has 0 aromatic rings. The molecule has 4 rings (SSSR count). The minimum absolute atomic E-state index is 0.0458. The second-order valence-electron chi connectivity index (χ2n) is 9.99. The zero-order valence-electron chi connectivity index (χ0n) is 18.3. The molecule has 0 spiro atoms. The Bertz CT molecular complexity index is 547. The Kier molecular flexibility index (Phi) is 7.26. The Morgan fingerprint density at radius 1 is 1.03 bits per heavy atom. The number of hydrogen-bond acceptors (Lipinski definition) is 6. The maximum atomic E-state index is 12.9. The van der Waals surface area contributed by atoms with E-state index in [0.29, 0.717) is 36.9 Å². The molecular weight excluding hydrogens is 395 g/mol. The molecule has 4 aliphatic rings. The topological polar surface area (TPSA) is 51.8 Å². The zero-order valence-corrected chi connectivity index (χ0v) is 18.3. The largest absolute Gasteiger partial charge is 0.391 e.